The summed E-state index contributed by atoms with van der Waals surface area (Å²) in [7, 11) is 0. The van der Waals surface area contributed by atoms with Crippen LogP contribution in [0.5, 0.6) is 0 Å². The van der Waals surface area contributed by atoms with Crippen LogP contribution in [0.15, 0.2) is 36.5 Å². The van der Waals surface area contributed by atoms with Gasteiger partial charge in [-0.2, -0.15) is 0 Å². The van der Waals surface area contributed by atoms with Crippen molar-refractivity contribution in [3.05, 3.63) is 47.8 Å². The second-order valence-electron chi connectivity index (χ2n) is 6.08. The van der Waals surface area contributed by atoms with Gasteiger partial charge in [-0.1, -0.05) is 48.4 Å². The van der Waals surface area contributed by atoms with E-state index < -0.39 is 5.97 Å². The molecule has 0 radical (unpaired) electrons. The SMILES string of the molecule is O=C(Cn1cc(C(=O)O)nn1)NC1CCCCC1c1ccccc1. The lowest BCUT2D eigenvalue weighted by molar-refractivity contribution is -0.122. The van der Waals surface area contributed by atoms with Gasteiger partial charge in [0.1, 0.15) is 6.54 Å². The number of amides is 1. The molecule has 1 aliphatic carbocycles. The number of nitrogens with zero attached hydrogens (tertiary/aromatic N) is 3. The van der Waals surface area contributed by atoms with Gasteiger partial charge in [0.2, 0.25) is 5.91 Å². The highest BCUT2D eigenvalue weighted by atomic mass is 16.4. The Balaban J connectivity index is 1.64. The summed E-state index contributed by atoms with van der Waals surface area (Å²) >= 11 is 0. The van der Waals surface area contributed by atoms with Gasteiger partial charge in [0.25, 0.3) is 0 Å². The van der Waals surface area contributed by atoms with Crippen molar-refractivity contribution in [2.45, 2.75) is 44.2 Å². The lowest BCUT2D eigenvalue weighted by atomic mass is 9.80. The second kappa shape index (κ2) is 7.25. The third kappa shape index (κ3) is 3.79. The van der Waals surface area contributed by atoms with Gasteiger partial charge in [0, 0.05) is 12.0 Å². The number of carbonyl (C=O) groups is 2. The zero-order valence-corrected chi connectivity index (χ0v) is 13.3. The molecule has 2 aromatic rings. The Bertz CT molecular complexity index is 714. The highest BCUT2D eigenvalue weighted by Crippen LogP contribution is 2.32. The van der Waals surface area contributed by atoms with Crippen LogP contribution in [0.3, 0.4) is 0 Å². The molecule has 1 aliphatic rings. The molecule has 2 N–H and O–H groups in total. The lowest BCUT2D eigenvalue weighted by Crippen LogP contribution is -2.42. The van der Waals surface area contributed by atoms with Gasteiger partial charge in [-0.15, -0.1) is 5.10 Å². The molecule has 0 bridgehead atoms. The molecule has 2 unspecified atom stereocenters. The van der Waals surface area contributed by atoms with E-state index in [0.29, 0.717) is 5.92 Å². The summed E-state index contributed by atoms with van der Waals surface area (Å²) in [5, 5.41) is 19.1. The quantitative estimate of drug-likeness (QED) is 0.872. The molecule has 1 amide bonds. The van der Waals surface area contributed by atoms with Crippen LogP contribution in [0.2, 0.25) is 0 Å². The van der Waals surface area contributed by atoms with Gasteiger partial charge in [0.05, 0.1) is 6.20 Å². The fourth-order valence-electron chi connectivity index (χ4n) is 3.28. The van der Waals surface area contributed by atoms with Crippen LogP contribution in [0.4, 0.5) is 0 Å². The third-order valence-corrected chi connectivity index (χ3v) is 4.40. The summed E-state index contributed by atoms with van der Waals surface area (Å²) in [5.74, 6) is -1.02. The van der Waals surface area contributed by atoms with E-state index >= 15 is 0 Å². The molecule has 1 aromatic carbocycles. The van der Waals surface area contributed by atoms with Gasteiger partial charge in [0.15, 0.2) is 5.69 Å². The Morgan fingerprint density at radius 1 is 1.21 bits per heavy atom. The first-order valence-electron chi connectivity index (χ1n) is 8.11. The standard InChI is InChI=1S/C17H20N4O3/c22-16(11-21-10-15(17(23)24)19-20-21)18-14-9-5-4-8-13(14)12-6-2-1-3-7-12/h1-3,6-7,10,13-14H,4-5,8-9,11H2,(H,18,22)(H,23,24). The van der Waals surface area contributed by atoms with Crippen LogP contribution >= 0.6 is 0 Å². The molecule has 2 atom stereocenters. The van der Waals surface area contributed by atoms with E-state index in [4.69, 9.17) is 5.11 Å². The number of rotatable bonds is 5. The number of aromatic nitrogens is 3. The van der Waals surface area contributed by atoms with Crippen molar-refractivity contribution in [3.8, 4) is 0 Å². The van der Waals surface area contributed by atoms with Crippen LogP contribution < -0.4 is 5.32 Å². The molecule has 0 spiro atoms. The van der Waals surface area contributed by atoms with Gasteiger partial charge in [-0.25, -0.2) is 9.48 Å². The van der Waals surface area contributed by atoms with Crippen LogP contribution in [0.25, 0.3) is 0 Å². The van der Waals surface area contributed by atoms with E-state index in [2.05, 4.69) is 27.8 Å². The molecule has 0 aliphatic heterocycles. The number of carboxylic acid groups (broad SMARTS) is 1. The average molecular weight is 328 g/mol. The zero-order valence-electron chi connectivity index (χ0n) is 13.3. The molecule has 1 fully saturated rings. The van der Waals surface area contributed by atoms with Gasteiger partial charge >= 0.3 is 5.97 Å². The van der Waals surface area contributed by atoms with Crippen molar-refractivity contribution >= 4 is 11.9 Å². The largest absolute Gasteiger partial charge is 0.476 e. The van der Waals surface area contributed by atoms with Gasteiger partial charge in [-0.3, -0.25) is 4.79 Å². The monoisotopic (exact) mass is 328 g/mol. The van der Waals surface area contributed by atoms with E-state index in [9.17, 15) is 9.59 Å². The maximum absolute atomic E-state index is 12.3. The number of aromatic carboxylic acids is 1. The number of hydrogen-bond donors (Lipinski definition) is 2. The summed E-state index contributed by atoms with van der Waals surface area (Å²) in [6, 6.07) is 10.3. The lowest BCUT2D eigenvalue weighted by Gasteiger charge is -2.32. The number of carboxylic acids is 1. The first kappa shape index (κ1) is 16.2. The second-order valence-corrected chi connectivity index (χ2v) is 6.08. The molecule has 3 rings (SSSR count). The average Bonchev–Trinajstić information content (AvgIpc) is 3.05. The highest BCUT2D eigenvalue weighted by molar-refractivity contribution is 5.84. The van der Waals surface area contributed by atoms with Crippen molar-refractivity contribution in [2.24, 2.45) is 0 Å². The predicted molar refractivity (Wildman–Crippen MR) is 86.6 cm³/mol. The fraction of sp³-hybridized carbons (Fsp3) is 0.412. The van der Waals surface area contributed by atoms with E-state index in [1.165, 1.54) is 16.4 Å². The van der Waals surface area contributed by atoms with Crippen molar-refractivity contribution in [2.75, 3.05) is 0 Å². The van der Waals surface area contributed by atoms with E-state index in [0.717, 1.165) is 25.7 Å². The molecular weight excluding hydrogens is 308 g/mol. The summed E-state index contributed by atoms with van der Waals surface area (Å²) in [6.45, 7) is -0.0295. The molecule has 7 nitrogen and oxygen atoms in total. The fourth-order valence-corrected chi connectivity index (χ4v) is 3.28. The first-order valence-corrected chi connectivity index (χ1v) is 8.11. The molecular formula is C17H20N4O3. The Morgan fingerprint density at radius 2 is 1.96 bits per heavy atom. The highest BCUT2D eigenvalue weighted by Gasteiger charge is 2.27. The molecule has 1 aromatic heterocycles. The number of nitrogens with one attached hydrogen (secondary N) is 1. The Hall–Kier alpha value is -2.70. The van der Waals surface area contributed by atoms with Gasteiger partial charge < -0.3 is 10.4 Å². The molecule has 126 valence electrons. The van der Waals surface area contributed by atoms with Crippen molar-refractivity contribution in [1.82, 2.24) is 20.3 Å². The minimum Gasteiger partial charge on any atom is -0.476 e. The van der Waals surface area contributed by atoms with Crippen LogP contribution in [-0.2, 0) is 11.3 Å². The van der Waals surface area contributed by atoms with Crippen LogP contribution in [0, 0.1) is 0 Å². The van der Waals surface area contributed by atoms with E-state index in [1.807, 2.05) is 18.2 Å². The maximum Gasteiger partial charge on any atom is 0.358 e. The van der Waals surface area contributed by atoms with Gasteiger partial charge in [-0.05, 0) is 18.4 Å². The van der Waals surface area contributed by atoms with E-state index in [-0.39, 0.29) is 24.2 Å². The summed E-state index contributed by atoms with van der Waals surface area (Å²) in [6.07, 6.45) is 5.53. The number of benzene rings is 1. The maximum atomic E-state index is 12.3. The smallest absolute Gasteiger partial charge is 0.358 e. The number of carbonyl (C=O) groups excluding carboxylic acids is 1. The molecule has 1 heterocycles. The number of hydrogen-bond acceptors (Lipinski definition) is 4. The topological polar surface area (TPSA) is 97.1 Å². The van der Waals surface area contributed by atoms with E-state index in [1.54, 1.807) is 0 Å². The minimum atomic E-state index is -1.15. The van der Waals surface area contributed by atoms with Crippen molar-refractivity contribution in [3.63, 3.8) is 0 Å². The van der Waals surface area contributed by atoms with Crippen molar-refractivity contribution < 1.29 is 14.7 Å². The van der Waals surface area contributed by atoms with Crippen LogP contribution in [-0.4, -0.2) is 38.0 Å². The predicted octanol–water partition coefficient (Wildman–Crippen LogP) is 1.82. The normalized spacial score (nSPS) is 20.5. The first-order chi connectivity index (χ1) is 11.6. The summed E-state index contributed by atoms with van der Waals surface area (Å²) in [4.78, 5) is 23.1. The Kier molecular flexibility index (Phi) is 4.88. The molecule has 7 heteroatoms. The Morgan fingerprint density at radius 3 is 2.67 bits per heavy atom. The summed E-state index contributed by atoms with van der Waals surface area (Å²) < 4.78 is 1.25. The third-order valence-electron chi connectivity index (χ3n) is 4.40. The minimum absolute atomic E-state index is 0.0295. The van der Waals surface area contributed by atoms with Crippen molar-refractivity contribution in [1.29, 1.82) is 0 Å². The zero-order chi connectivity index (χ0) is 16.9. The summed E-state index contributed by atoms with van der Waals surface area (Å²) in [5.41, 5.74) is 1.08. The Labute approximate surface area is 139 Å². The molecule has 24 heavy (non-hydrogen) atoms. The molecule has 0 saturated heterocycles. The van der Waals surface area contributed by atoms with Crippen LogP contribution in [0.1, 0.15) is 47.7 Å². The molecule has 1 saturated carbocycles.